The number of benzene rings is 1. The van der Waals surface area contributed by atoms with Crippen LogP contribution >= 0.6 is 0 Å². The van der Waals surface area contributed by atoms with Crippen molar-refractivity contribution in [3.63, 3.8) is 0 Å². The lowest BCUT2D eigenvalue weighted by Gasteiger charge is -2.23. The number of nitrogens with one attached hydrogen (secondary N) is 1. The van der Waals surface area contributed by atoms with Crippen molar-refractivity contribution < 1.29 is 10.2 Å². The summed E-state index contributed by atoms with van der Waals surface area (Å²) in [5.74, 6) is 0.699. The van der Waals surface area contributed by atoms with Crippen LogP contribution in [0.5, 0.6) is 0 Å². The van der Waals surface area contributed by atoms with Crippen LogP contribution in [0.4, 0.5) is 0 Å². The Hall–Kier alpha value is -0.900. The molecule has 1 saturated heterocycles. The lowest BCUT2D eigenvalue weighted by Crippen LogP contribution is -2.30. The predicted molar refractivity (Wildman–Crippen MR) is 67.8 cm³/mol. The molecule has 2 atom stereocenters. The molecule has 1 aromatic carbocycles. The molecule has 0 amide bonds. The molecule has 0 bridgehead atoms. The summed E-state index contributed by atoms with van der Waals surface area (Å²) < 4.78 is 0. The molecule has 0 aliphatic carbocycles. The van der Waals surface area contributed by atoms with Gasteiger partial charge in [-0.15, -0.1) is 0 Å². The summed E-state index contributed by atoms with van der Waals surface area (Å²) in [7, 11) is 0. The molecule has 3 nitrogen and oxygen atoms in total. The maximum Gasteiger partial charge on any atom is 0.102 e. The van der Waals surface area contributed by atoms with E-state index in [9.17, 15) is 5.11 Å². The van der Waals surface area contributed by atoms with Gasteiger partial charge >= 0.3 is 0 Å². The Kier molecular flexibility index (Phi) is 4.54. The zero-order valence-corrected chi connectivity index (χ0v) is 10.1. The van der Waals surface area contributed by atoms with Crippen molar-refractivity contribution in [3.05, 3.63) is 35.4 Å². The minimum atomic E-state index is -0.751. The molecule has 2 unspecified atom stereocenters. The van der Waals surface area contributed by atoms with Crippen LogP contribution in [-0.2, 0) is 6.42 Å². The molecule has 0 aromatic heterocycles. The highest BCUT2D eigenvalue weighted by atomic mass is 16.3. The quantitative estimate of drug-likeness (QED) is 0.736. The molecule has 17 heavy (non-hydrogen) atoms. The van der Waals surface area contributed by atoms with Crippen LogP contribution in [-0.4, -0.2) is 29.9 Å². The molecular weight excluding hydrogens is 214 g/mol. The first-order valence-electron chi connectivity index (χ1n) is 6.38. The predicted octanol–water partition coefficient (Wildman–Crippen LogP) is 1.25. The Balaban J connectivity index is 2.00. The standard InChI is InChI=1S/C14H21NO2/c16-10-14(17)13-5-1-3-11(8-13)7-12-4-2-6-15-9-12/h1,3,5,8,12,14-17H,2,4,6-7,9-10H2. The van der Waals surface area contributed by atoms with E-state index in [1.807, 2.05) is 18.2 Å². The molecule has 1 heterocycles. The SMILES string of the molecule is OCC(O)c1cccc(CC2CCCNC2)c1. The highest BCUT2D eigenvalue weighted by molar-refractivity contribution is 5.25. The van der Waals surface area contributed by atoms with Gasteiger partial charge in [-0.25, -0.2) is 0 Å². The van der Waals surface area contributed by atoms with Crippen LogP contribution < -0.4 is 5.32 Å². The number of aliphatic hydroxyl groups is 2. The zero-order valence-electron chi connectivity index (χ0n) is 10.1. The van der Waals surface area contributed by atoms with Gasteiger partial charge in [0, 0.05) is 0 Å². The van der Waals surface area contributed by atoms with Gasteiger partial charge in [0.25, 0.3) is 0 Å². The summed E-state index contributed by atoms with van der Waals surface area (Å²) in [5.41, 5.74) is 2.07. The van der Waals surface area contributed by atoms with Crippen LogP contribution in [0.2, 0.25) is 0 Å². The Labute approximate surface area is 102 Å². The molecular formula is C14H21NO2. The van der Waals surface area contributed by atoms with Crippen LogP contribution in [0.25, 0.3) is 0 Å². The van der Waals surface area contributed by atoms with Gasteiger partial charge in [-0.3, -0.25) is 0 Å². The second kappa shape index (κ2) is 6.15. The molecule has 1 aromatic rings. The van der Waals surface area contributed by atoms with E-state index in [4.69, 9.17) is 5.11 Å². The van der Waals surface area contributed by atoms with Crippen molar-refractivity contribution in [3.8, 4) is 0 Å². The van der Waals surface area contributed by atoms with Crippen LogP contribution in [0, 0.1) is 5.92 Å². The molecule has 94 valence electrons. The molecule has 2 rings (SSSR count). The van der Waals surface area contributed by atoms with Gasteiger partial charge in [0.2, 0.25) is 0 Å². The summed E-state index contributed by atoms with van der Waals surface area (Å²) in [6, 6.07) is 7.93. The third-order valence-electron chi connectivity index (χ3n) is 3.43. The summed E-state index contributed by atoms with van der Waals surface area (Å²) in [6.07, 6.45) is 2.84. The van der Waals surface area contributed by atoms with Crippen molar-refractivity contribution in [1.82, 2.24) is 5.32 Å². The summed E-state index contributed by atoms with van der Waals surface area (Å²) in [5, 5.41) is 22.0. The highest BCUT2D eigenvalue weighted by Gasteiger charge is 2.14. The topological polar surface area (TPSA) is 52.5 Å². The van der Waals surface area contributed by atoms with E-state index in [1.54, 1.807) is 0 Å². The first kappa shape index (κ1) is 12.6. The molecule has 3 N–H and O–H groups in total. The van der Waals surface area contributed by atoms with Gasteiger partial charge in [0.15, 0.2) is 0 Å². The van der Waals surface area contributed by atoms with Crippen molar-refractivity contribution in [2.24, 2.45) is 5.92 Å². The number of rotatable bonds is 4. The van der Waals surface area contributed by atoms with Crippen LogP contribution in [0.15, 0.2) is 24.3 Å². The smallest absolute Gasteiger partial charge is 0.102 e. The average Bonchev–Trinajstić information content (AvgIpc) is 2.39. The first-order valence-corrected chi connectivity index (χ1v) is 6.38. The number of piperidine rings is 1. The average molecular weight is 235 g/mol. The fourth-order valence-electron chi connectivity index (χ4n) is 2.46. The Bertz CT molecular complexity index is 348. The first-order chi connectivity index (χ1) is 8.29. The summed E-state index contributed by atoms with van der Waals surface area (Å²) in [4.78, 5) is 0. The number of aliphatic hydroxyl groups excluding tert-OH is 2. The van der Waals surface area contributed by atoms with Crippen LogP contribution in [0.1, 0.15) is 30.1 Å². The van der Waals surface area contributed by atoms with Gasteiger partial charge in [0.05, 0.1) is 6.61 Å². The Morgan fingerprint density at radius 3 is 3.00 bits per heavy atom. The molecule has 0 saturated carbocycles. The number of hydrogen-bond acceptors (Lipinski definition) is 3. The van der Waals surface area contributed by atoms with Gasteiger partial charge in [-0.2, -0.15) is 0 Å². The van der Waals surface area contributed by atoms with E-state index in [-0.39, 0.29) is 6.61 Å². The van der Waals surface area contributed by atoms with Crippen molar-refractivity contribution in [1.29, 1.82) is 0 Å². The normalized spacial score (nSPS) is 22.4. The van der Waals surface area contributed by atoms with Crippen molar-refractivity contribution in [2.75, 3.05) is 19.7 Å². The second-order valence-corrected chi connectivity index (χ2v) is 4.86. The third-order valence-corrected chi connectivity index (χ3v) is 3.43. The largest absolute Gasteiger partial charge is 0.393 e. The Morgan fingerprint density at radius 1 is 1.41 bits per heavy atom. The highest BCUT2D eigenvalue weighted by Crippen LogP contribution is 2.19. The molecule has 1 aliphatic rings. The number of hydrogen-bond donors (Lipinski definition) is 3. The van der Waals surface area contributed by atoms with E-state index < -0.39 is 6.10 Å². The fraction of sp³-hybridized carbons (Fsp3) is 0.571. The van der Waals surface area contributed by atoms with E-state index in [0.29, 0.717) is 5.92 Å². The van der Waals surface area contributed by atoms with Gasteiger partial charge < -0.3 is 15.5 Å². The molecule has 1 fully saturated rings. The molecule has 0 radical (unpaired) electrons. The summed E-state index contributed by atoms with van der Waals surface area (Å²) in [6.45, 7) is 2.01. The van der Waals surface area contributed by atoms with E-state index in [2.05, 4.69) is 11.4 Å². The van der Waals surface area contributed by atoms with E-state index in [1.165, 1.54) is 18.4 Å². The third kappa shape index (κ3) is 3.53. The fourth-order valence-corrected chi connectivity index (χ4v) is 2.46. The molecule has 3 heteroatoms. The Morgan fingerprint density at radius 2 is 2.29 bits per heavy atom. The molecule has 1 aliphatic heterocycles. The molecule has 0 spiro atoms. The van der Waals surface area contributed by atoms with Gasteiger partial charge in [0.1, 0.15) is 6.10 Å². The van der Waals surface area contributed by atoms with Crippen LogP contribution in [0.3, 0.4) is 0 Å². The van der Waals surface area contributed by atoms with E-state index in [0.717, 1.165) is 25.1 Å². The lowest BCUT2D eigenvalue weighted by atomic mass is 9.91. The minimum Gasteiger partial charge on any atom is -0.393 e. The van der Waals surface area contributed by atoms with E-state index >= 15 is 0 Å². The zero-order chi connectivity index (χ0) is 12.1. The second-order valence-electron chi connectivity index (χ2n) is 4.86. The van der Waals surface area contributed by atoms with Gasteiger partial charge in [-0.1, -0.05) is 24.3 Å². The monoisotopic (exact) mass is 235 g/mol. The van der Waals surface area contributed by atoms with Gasteiger partial charge in [-0.05, 0) is 49.4 Å². The maximum absolute atomic E-state index is 9.60. The van der Waals surface area contributed by atoms with Crippen molar-refractivity contribution in [2.45, 2.75) is 25.4 Å². The maximum atomic E-state index is 9.60. The summed E-state index contributed by atoms with van der Waals surface area (Å²) >= 11 is 0. The van der Waals surface area contributed by atoms with Crippen molar-refractivity contribution >= 4 is 0 Å². The lowest BCUT2D eigenvalue weighted by molar-refractivity contribution is 0.0955. The minimum absolute atomic E-state index is 0.214.